The first kappa shape index (κ1) is 21.6. The zero-order valence-corrected chi connectivity index (χ0v) is 17.2. The van der Waals surface area contributed by atoms with Crippen molar-refractivity contribution >= 4 is 17.8 Å². The lowest BCUT2D eigenvalue weighted by atomic mass is 9.97. The Hall–Kier alpha value is -3.15. The number of ether oxygens (including phenoxy) is 2. The minimum atomic E-state index is -0.503. The zero-order valence-electron chi connectivity index (χ0n) is 17.2. The summed E-state index contributed by atoms with van der Waals surface area (Å²) in [5, 5.41) is 0. The number of esters is 2. The number of likely N-dealkylation sites (tertiary alicyclic amines) is 1. The Morgan fingerprint density at radius 2 is 1.60 bits per heavy atom. The largest absolute Gasteiger partial charge is 0.466 e. The molecule has 0 aromatic heterocycles. The number of carbonyl (C=O) groups excluding carboxylic acids is 3. The third kappa shape index (κ3) is 5.69. The monoisotopic (exact) mass is 409 g/mol. The molecule has 1 aliphatic heterocycles. The number of amides is 1. The van der Waals surface area contributed by atoms with Crippen LogP contribution in [0, 0.1) is 5.92 Å². The maximum atomic E-state index is 12.6. The fraction of sp³-hybridized carbons (Fsp3) is 0.375. The molecule has 0 N–H and O–H groups in total. The van der Waals surface area contributed by atoms with E-state index in [4.69, 9.17) is 9.47 Å². The van der Waals surface area contributed by atoms with E-state index < -0.39 is 5.97 Å². The molecule has 0 unspecified atom stereocenters. The van der Waals surface area contributed by atoms with Crippen LogP contribution in [-0.2, 0) is 25.5 Å². The summed E-state index contributed by atoms with van der Waals surface area (Å²) in [5.74, 6) is -1.12. The van der Waals surface area contributed by atoms with E-state index in [1.807, 2.05) is 42.5 Å². The topological polar surface area (TPSA) is 72.9 Å². The highest BCUT2D eigenvalue weighted by atomic mass is 16.5. The second-order valence-electron chi connectivity index (χ2n) is 7.30. The predicted octanol–water partition coefficient (Wildman–Crippen LogP) is 3.24. The highest BCUT2D eigenvalue weighted by molar-refractivity contribution is 5.93. The third-order valence-corrected chi connectivity index (χ3v) is 5.27. The number of carbonyl (C=O) groups is 3. The van der Waals surface area contributed by atoms with E-state index >= 15 is 0 Å². The fourth-order valence-corrected chi connectivity index (χ4v) is 3.61. The van der Waals surface area contributed by atoms with Crippen LogP contribution in [-0.4, -0.2) is 49.0 Å². The standard InChI is InChI=1S/C24H27NO5/c1-2-29-23(27)19-12-14-25(15-13-19)22(26)17-30-24(28)21-11-7-6-10-20(21)16-18-8-4-3-5-9-18/h3-11,19H,2,12-17H2,1H3. The van der Waals surface area contributed by atoms with Gasteiger partial charge in [-0.2, -0.15) is 0 Å². The van der Waals surface area contributed by atoms with Gasteiger partial charge in [0.15, 0.2) is 6.61 Å². The van der Waals surface area contributed by atoms with Crippen molar-refractivity contribution in [1.82, 2.24) is 4.90 Å². The van der Waals surface area contributed by atoms with Crippen LogP contribution < -0.4 is 0 Å². The predicted molar refractivity (Wildman–Crippen MR) is 112 cm³/mol. The molecule has 1 aliphatic rings. The molecule has 1 fully saturated rings. The highest BCUT2D eigenvalue weighted by Crippen LogP contribution is 2.19. The highest BCUT2D eigenvalue weighted by Gasteiger charge is 2.28. The Kier molecular flexibility index (Phi) is 7.60. The van der Waals surface area contributed by atoms with Gasteiger partial charge in [-0.1, -0.05) is 48.5 Å². The van der Waals surface area contributed by atoms with E-state index in [-0.39, 0.29) is 24.4 Å². The van der Waals surface area contributed by atoms with Crippen LogP contribution in [0.2, 0.25) is 0 Å². The van der Waals surface area contributed by atoms with Gasteiger partial charge in [0.1, 0.15) is 0 Å². The van der Waals surface area contributed by atoms with E-state index in [9.17, 15) is 14.4 Å². The first-order valence-electron chi connectivity index (χ1n) is 10.3. The lowest BCUT2D eigenvalue weighted by Gasteiger charge is -2.30. The molecule has 2 aromatic carbocycles. The molecule has 0 spiro atoms. The van der Waals surface area contributed by atoms with Crippen LogP contribution in [0.3, 0.4) is 0 Å². The minimum absolute atomic E-state index is 0.165. The molecule has 1 heterocycles. The first-order chi connectivity index (χ1) is 14.6. The van der Waals surface area contributed by atoms with Crippen molar-refractivity contribution in [3.8, 4) is 0 Å². The number of piperidine rings is 1. The summed E-state index contributed by atoms with van der Waals surface area (Å²) in [6.07, 6.45) is 1.75. The number of benzene rings is 2. The summed E-state index contributed by atoms with van der Waals surface area (Å²) < 4.78 is 10.4. The Morgan fingerprint density at radius 3 is 2.30 bits per heavy atom. The number of hydrogen-bond acceptors (Lipinski definition) is 5. The van der Waals surface area contributed by atoms with Crippen LogP contribution in [0.1, 0.15) is 41.3 Å². The summed E-state index contributed by atoms with van der Waals surface area (Å²) in [4.78, 5) is 38.5. The van der Waals surface area contributed by atoms with Gasteiger partial charge in [-0.05, 0) is 43.4 Å². The maximum absolute atomic E-state index is 12.6. The molecule has 6 nitrogen and oxygen atoms in total. The molecule has 3 rings (SSSR count). The van der Waals surface area contributed by atoms with Crippen LogP contribution in [0.4, 0.5) is 0 Å². The van der Waals surface area contributed by atoms with Crippen molar-refractivity contribution < 1.29 is 23.9 Å². The van der Waals surface area contributed by atoms with E-state index in [0.29, 0.717) is 44.5 Å². The Labute approximate surface area is 176 Å². The Balaban J connectivity index is 1.52. The fourth-order valence-electron chi connectivity index (χ4n) is 3.61. The van der Waals surface area contributed by atoms with E-state index in [1.54, 1.807) is 24.0 Å². The smallest absolute Gasteiger partial charge is 0.338 e. The van der Waals surface area contributed by atoms with Gasteiger partial charge in [0.25, 0.3) is 5.91 Å². The van der Waals surface area contributed by atoms with E-state index in [0.717, 1.165) is 11.1 Å². The average Bonchev–Trinajstić information content (AvgIpc) is 2.78. The molecule has 0 atom stereocenters. The SMILES string of the molecule is CCOC(=O)C1CCN(C(=O)COC(=O)c2ccccc2Cc2ccccc2)CC1. The lowest BCUT2D eigenvalue weighted by Crippen LogP contribution is -2.42. The molecule has 158 valence electrons. The van der Waals surface area contributed by atoms with Crippen molar-refractivity contribution in [3.05, 3.63) is 71.3 Å². The normalized spacial score (nSPS) is 14.2. The zero-order chi connectivity index (χ0) is 21.3. The van der Waals surface area contributed by atoms with Crippen LogP contribution in [0.25, 0.3) is 0 Å². The number of rotatable bonds is 7. The molecule has 30 heavy (non-hydrogen) atoms. The van der Waals surface area contributed by atoms with Crippen molar-refractivity contribution in [2.75, 3.05) is 26.3 Å². The minimum Gasteiger partial charge on any atom is -0.466 e. The van der Waals surface area contributed by atoms with Crippen molar-refractivity contribution in [2.24, 2.45) is 5.92 Å². The second kappa shape index (κ2) is 10.6. The van der Waals surface area contributed by atoms with Gasteiger partial charge >= 0.3 is 11.9 Å². The van der Waals surface area contributed by atoms with Gasteiger partial charge in [-0.25, -0.2) is 4.79 Å². The van der Waals surface area contributed by atoms with Crippen LogP contribution >= 0.6 is 0 Å². The summed E-state index contributed by atoms with van der Waals surface area (Å²) in [5.41, 5.74) is 2.42. The molecule has 0 saturated carbocycles. The maximum Gasteiger partial charge on any atom is 0.338 e. The average molecular weight is 409 g/mol. The molecule has 1 amide bonds. The molecule has 0 bridgehead atoms. The molecular weight excluding hydrogens is 382 g/mol. The lowest BCUT2D eigenvalue weighted by molar-refractivity contribution is -0.151. The van der Waals surface area contributed by atoms with Crippen LogP contribution in [0.5, 0.6) is 0 Å². The molecule has 6 heteroatoms. The molecule has 1 saturated heterocycles. The van der Waals surface area contributed by atoms with Gasteiger partial charge in [0, 0.05) is 13.1 Å². The number of hydrogen-bond donors (Lipinski definition) is 0. The van der Waals surface area contributed by atoms with E-state index in [1.165, 1.54) is 0 Å². The quantitative estimate of drug-likeness (QED) is 0.657. The molecule has 0 aliphatic carbocycles. The van der Waals surface area contributed by atoms with Gasteiger partial charge in [-0.3, -0.25) is 9.59 Å². The summed E-state index contributed by atoms with van der Waals surface area (Å²) in [6.45, 7) is 2.76. The van der Waals surface area contributed by atoms with Crippen LogP contribution in [0.15, 0.2) is 54.6 Å². The van der Waals surface area contributed by atoms with E-state index in [2.05, 4.69) is 0 Å². The summed E-state index contributed by atoms with van der Waals surface area (Å²) in [6, 6.07) is 17.2. The van der Waals surface area contributed by atoms with Crippen molar-refractivity contribution in [3.63, 3.8) is 0 Å². The molecular formula is C24H27NO5. The van der Waals surface area contributed by atoms with Crippen molar-refractivity contribution in [2.45, 2.75) is 26.2 Å². The van der Waals surface area contributed by atoms with Crippen molar-refractivity contribution in [1.29, 1.82) is 0 Å². The van der Waals surface area contributed by atoms with Gasteiger partial charge in [0.05, 0.1) is 18.1 Å². The Morgan fingerprint density at radius 1 is 0.933 bits per heavy atom. The van der Waals surface area contributed by atoms with Gasteiger partial charge in [0.2, 0.25) is 0 Å². The first-order valence-corrected chi connectivity index (χ1v) is 10.3. The van der Waals surface area contributed by atoms with Gasteiger partial charge < -0.3 is 14.4 Å². The van der Waals surface area contributed by atoms with Gasteiger partial charge in [-0.15, -0.1) is 0 Å². The third-order valence-electron chi connectivity index (χ3n) is 5.27. The number of nitrogens with zero attached hydrogens (tertiary/aromatic N) is 1. The second-order valence-corrected chi connectivity index (χ2v) is 7.30. The molecule has 2 aromatic rings. The summed E-state index contributed by atoms with van der Waals surface area (Å²) in [7, 11) is 0. The summed E-state index contributed by atoms with van der Waals surface area (Å²) >= 11 is 0. The molecule has 0 radical (unpaired) electrons. The Bertz CT molecular complexity index is 872.